The number of hydrogen-bond donors (Lipinski definition) is 1. The summed E-state index contributed by atoms with van der Waals surface area (Å²) in [6.45, 7) is 0. The molecule has 9 heteroatoms. The molecule has 0 radical (unpaired) electrons. The fourth-order valence-electron chi connectivity index (χ4n) is 5.00. The Kier molecular flexibility index (Phi) is 4.65. The number of alkyl halides is 2. The van der Waals surface area contributed by atoms with Crippen LogP contribution >= 0.6 is 0 Å². The van der Waals surface area contributed by atoms with E-state index >= 15 is 0 Å². The zero-order chi connectivity index (χ0) is 15.7. The molecule has 22 heavy (non-hydrogen) atoms. The fourth-order valence-corrected chi connectivity index (χ4v) is 5.31. The smallest absolute Gasteiger partial charge is 0.743 e. The predicted molar refractivity (Wildman–Crippen MR) is 66.3 cm³/mol. The molecule has 4 aliphatic rings. The average Bonchev–Trinajstić information content (AvgIpc) is 2.22. The molecule has 4 aliphatic carbocycles. The number of halogens is 2. The minimum Gasteiger partial charge on any atom is -0.743 e. The molecule has 1 N–H and O–H groups in total. The van der Waals surface area contributed by atoms with Crippen molar-refractivity contribution in [3.63, 3.8) is 0 Å². The Balaban J connectivity index is 0.00000176. The maximum atomic E-state index is 13.4. The number of Topliss-reactive ketones (excluding diaryl/α,β-unsaturated/α-hetero) is 1. The second-order valence-electron chi connectivity index (χ2n) is 7.16. The Bertz CT molecular complexity index is 577. The van der Waals surface area contributed by atoms with Crippen molar-refractivity contribution in [1.82, 2.24) is 0 Å². The van der Waals surface area contributed by atoms with Crippen molar-refractivity contribution in [3.05, 3.63) is 0 Å². The standard InChI is InChI=1S/C13H18F2O5S.Na/c14-13(15,21(18,19)20)6-10(16)11-2-8-1-9(3-11)5-12(17,4-8)7-11;/h8-9,17H,1-7H2,(H,18,19,20);/q;+1/p-1. The van der Waals surface area contributed by atoms with Crippen LogP contribution in [0.3, 0.4) is 0 Å². The van der Waals surface area contributed by atoms with Gasteiger partial charge >= 0.3 is 34.8 Å². The molecule has 120 valence electrons. The largest absolute Gasteiger partial charge is 1.00 e. The third kappa shape index (κ3) is 3.02. The molecule has 5 nitrogen and oxygen atoms in total. The Morgan fingerprint density at radius 2 is 1.73 bits per heavy atom. The molecular weight excluding hydrogens is 329 g/mol. The Morgan fingerprint density at radius 3 is 2.14 bits per heavy atom. The van der Waals surface area contributed by atoms with Crippen LogP contribution in [-0.4, -0.2) is 34.7 Å². The molecule has 0 aliphatic heterocycles. The Morgan fingerprint density at radius 1 is 1.23 bits per heavy atom. The minimum absolute atomic E-state index is 0. The Labute approximate surface area is 149 Å². The van der Waals surface area contributed by atoms with Crippen LogP contribution in [0.15, 0.2) is 0 Å². The predicted octanol–water partition coefficient (Wildman–Crippen LogP) is -1.58. The summed E-state index contributed by atoms with van der Waals surface area (Å²) in [5, 5.41) is 5.88. The quantitative estimate of drug-likeness (QED) is 0.490. The third-order valence-corrected chi connectivity index (χ3v) is 6.23. The second kappa shape index (κ2) is 5.46. The molecule has 0 aromatic heterocycles. The zero-order valence-corrected chi connectivity index (χ0v) is 15.2. The molecule has 4 rings (SSSR count). The van der Waals surface area contributed by atoms with Crippen molar-refractivity contribution >= 4 is 15.9 Å². The number of carbonyl (C=O) groups excluding carboxylic acids is 1. The molecule has 0 saturated heterocycles. The summed E-state index contributed by atoms with van der Waals surface area (Å²) in [5.74, 6) is -0.644. The second-order valence-corrected chi connectivity index (χ2v) is 8.66. The van der Waals surface area contributed by atoms with Crippen molar-refractivity contribution in [2.75, 3.05) is 0 Å². The van der Waals surface area contributed by atoms with Gasteiger partial charge in [0.25, 0.3) is 0 Å². The van der Waals surface area contributed by atoms with Gasteiger partial charge in [-0.15, -0.1) is 0 Å². The van der Waals surface area contributed by atoms with Gasteiger partial charge in [0, 0.05) is 5.41 Å². The molecule has 4 saturated carbocycles. The maximum absolute atomic E-state index is 13.4. The van der Waals surface area contributed by atoms with Crippen LogP contribution < -0.4 is 29.6 Å². The van der Waals surface area contributed by atoms with E-state index in [-0.39, 0.29) is 47.8 Å². The summed E-state index contributed by atoms with van der Waals surface area (Å²) in [6.07, 6.45) is 1.41. The topological polar surface area (TPSA) is 94.5 Å². The van der Waals surface area contributed by atoms with E-state index in [1.165, 1.54) is 0 Å². The van der Waals surface area contributed by atoms with E-state index in [2.05, 4.69) is 0 Å². The zero-order valence-electron chi connectivity index (χ0n) is 12.3. The van der Waals surface area contributed by atoms with Gasteiger partial charge < -0.3 is 9.66 Å². The van der Waals surface area contributed by atoms with Gasteiger partial charge in [-0.2, -0.15) is 8.78 Å². The first-order valence-electron chi connectivity index (χ1n) is 7.04. The van der Waals surface area contributed by atoms with Crippen LogP contribution in [0.25, 0.3) is 0 Å². The van der Waals surface area contributed by atoms with Crippen LogP contribution in [0.5, 0.6) is 0 Å². The van der Waals surface area contributed by atoms with Gasteiger partial charge in [-0.3, -0.25) is 4.79 Å². The van der Waals surface area contributed by atoms with E-state index in [4.69, 9.17) is 0 Å². The molecule has 4 bridgehead atoms. The molecule has 0 amide bonds. The molecule has 0 aromatic rings. The van der Waals surface area contributed by atoms with E-state index < -0.39 is 38.6 Å². The van der Waals surface area contributed by atoms with Gasteiger partial charge in [0.15, 0.2) is 10.1 Å². The molecule has 2 atom stereocenters. The number of hydrogen-bond acceptors (Lipinski definition) is 5. The van der Waals surface area contributed by atoms with Crippen LogP contribution in [-0.2, 0) is 14.9 Å². The van der Waals surface area contributed by atoms with Gasteiger partial charge in [-0.05, 0) is 50.4 Å². The summed E-state index contributed by atoms with van der Waals surface area (Å²) in [7, 11) is -5.85. The van der Waals surface area contributed by atoms with Crippen LogP contribution in [0.2, 0.25) is 0 Å². The first-order valence-corrected chi connectivity index (χ1v) is 8.45. The molecular formula is C13H17F2NaO5S. The van der Waals surface area contributed by atoms with E-state index in [0.717, 1.165) is 6.42 Å². The van der Waals surface area contributed by atoms with Crippen molar-refractivity contribution in [2.24, 2.45) is 17.3 Å². The number of ketones is 1. The molecule has 0 spiro atoms. The maximum Gasteiger partial charge on any atom is 1.00 e. The van der Waals surface area contributed by atoms with Gasteiger partial charge in [0.05, 0.1) is 12.0 Å². The van der Waals surface area contributed by atoms with E-state index in [1.54, 1.807) is 0 Å². The summed E-state index contributed by atoms with van der Waals surface area (Å²) in [6, 6.07) is 0. The van der Waals surface area contributed by atoms with Gasteiger partial charge in [-0.25, -0.2) is 8.42 Å². The number of carbonyl (C=O) groups is 1. The normalized spacial score (nSPS) is 40.4. The van der Waals surface area contributed by atoms with E-state index in [0.29, 0.717) is 25.7 Å². The van der Waals surface area contributed by atoms with E-state index in [1.807, 2.05) is 0 Å². The summed E-state index contributed by atoms with van der Waals surface area (Å²) in [4.78, 5) is 12.3. The number of rotatable bonds is 4. The first-order chi connectivity index (χ1) is 9.45. The number of aliphatic hydroxyl groups is 1. The summed E-state index contributed by atoms with van der Waals surface area (Å²) < 4.78 is 58.5. The van der Waals surface area contributed by atoms with Crippen LogP contribution in [0.4, 0.5) is 8.78 Å². The van der Waals surface area contributed by atoms with Gasteiger partial charge in [0.2, 0.25) is 0 Å². The monoisotopic (exact) mass is 346 g/mol. The summed E-state index contributed by atoms with van der Waals surface area (Å²) >= 11 is 0. The first kappa shape index (κ1) is 18.7. The average molecular weight is 346 g/mol. The van der Waals surface area contributed by atoms with Crippen molar-refractivity contribution < 1.29 is 61.2 Å². The van der Waals surface area contributed by atoms with Crippen molar-refractivity contribution in [3.8, 4) is 0 Å². The molecule has 0 heterocycles. The minimum atomic E-state index is -5.85. The van der Waals surface area contributed by atoms with Crippen molar-refractivity contribution in [1.29, 1.82) is 0 Å². The van der Waals surface area contributed by atoms with Crippen LogP contribution in [0, 0.1) is 17.3 Å². The SMILES string of the molecule is O=C(CC(F)(F)S(=O)(=O)[O-])C12CC3CC(CC(O)(C3)C1)C2.[Na+]. The van der Waals surface area contributed by atoms with Gasteiger partial charge in [0.1, 0.15) is 5.78 Å². The molecule has 2 unspecified atom stereocenters. The molecule has 0 aromatic carbocycles. The molecule has 4 fully saturated rings. The fraction of sp³-hybridized carbons (Fsp3) is 0.923. The van der Waals surface area contributed by atoms with Crippen molar-refractivity contribution in [2.45, 2.75) is 55.8 Å². The third-order valence-electron chi connectivity index (χ3n) is 5.35. The van der Waals surface area contributed by atoms with Crippen LogP contribution in [0.1, 0.15) is 44.9 Å². The summed E-state index contributed by atoms with van der Waals surface area (Å²) in [5.41, 5.74) is -2.07. The van der Waals surface area contributed by atoms with E-state index in [9.17, 15) is 31.7 Å². The van der Waals surface area contributed by atoms with Gasteiger partial charge in [-0.1, -0.05) is 0 Å². The Hall–Kier alpha value is 0.400.